The molecule has 1 N–H and O–H groups in total. The number of aromatic amines is 1. The van der Waals surface area contributed by atoms with Gasteiger partial charge in [0.15, 0.2) is 0 Å². The summed E-state index contributed by atoms with van der Waals surface area (Å²) in [6, 6.07) is 11.6. The summed E-state index contributed by atoms with van der Waals surface area (Å²) >= 11 is 0. The van der Waals surface area contributed by atoms with Crippen molar-refractivity contribution in [3.8, 4) is 23.0 Å². The predicted molar refractivity (Wildman–Crippen MR) is 90.3 cm³/mol. The molecule has 0 spiro atoms. The lowest BCUT2D eigenvalue weighted by atomic mass is 10.1. The monoisotopic (exact) mass is 325 g/mol. The van der Waals surface area contributed by atoms with Gasteiger partial charge in [-0.2, -0.15) is 5.10 Å². The maximum absolute atomic E-state index is 6.00. The first-order valence-electron chi connectivity index (χ1n) is 8.12. The van der Waals surface area contributed by atoms with Crippen LogP contribution in [0.25, 0.3) is 22.3 Å². The van der Waals surface area contributed by atoms with E-state index in [1.165, 1.54) is 0 Å². The summed E-state index contributed by atoms with van der Waals surface area (Å²) in [6.07, 6.45) is 0.894. The fourth-order valence-electron chi connectivity index (χ4n) is 2.74. The minimum atomic E-state index is 0.0722. The zero-order chi connectivity index (χ0) is 16.4. The van der Waals surface area contributed by atoms with E-state index in [-0.39, 0.29) is 6.10 Å². The molecule has 3 heterocycles. The number of pyridine rings is 1. The lowest BCUT2D eigenvalue weighted by molar-refractivity contribution is 0.0752. The summed E-state index contributed by atoms with van der Waals surface area (Å²) in [4.78, 5) is 4.55. The van der Waals surface area contributed by atoms with Crippen molar-refractivity contribution < 1.29 is 14.2 Å². The van der Waals surface area contributed by atoms with Crippen LogP contribution in [0.3, 0.4) is 0 Å². The van der Waals surface area contributed by atoms with E-state index in [4.69, 9.17) is 14.2 Å². The highest BCUT2D eigenvalue weighted by Gasteiger charge is 2.13. The Morgan fingerprint density at radius 2 is 2.08 bits per heavy atom. The second-order valence-electron chi connectivity index (χ2n) is 5.82. The minimum Gasteiger partial charge on any atom is -0.491 e. The van der Waals surface area contributed by atoms with Gasteiger partial charge in [0.1, 0.15) is 18.1 Å². The van der Waals surface area contributed by atoms with E-state index in [0.717, 1.165) is 34.5 Å². The molecule has 1 aliphatic rings. The molecule has 4 bridgehead atoms. The Labute approximate surface area is 139 Å². The molecule has 1 aliphatic heterocycles. The first-order valence-corrected chi connectivity index (χ1v) is 8.12. The van der Waals surface area contributed by atoms with Gasteiger partial charge in [-0.25, -0.2) is 4.98 Å². The Balaban J connectivity index is 1.79. The van der Waals surface area contributed by atoms with Gasteiger partial charge in [0.05, 0.1) is 30.5 Å². The molecule has 0 unspecified atom stereocenters. The third-order valence-corrected chi connectivity index (χ3v) is 3.98. The van der Waals surface area contributed by atoms with Crippen molar-refractivity contribution in [2.24, 2.45) is 0 Å². The number of rotatable bonds is 0. The second-order valence-corrected chi connectivity index (χ2v) is 5.82. The van der Waals surface area contributed by atoms with Crippen LogP contribution in [0.2, 0.25) is 0 Å². The van der Waals surface area contributed by atoms with Crippen LogP contribution >= 0.6 is 0 Å². The summed E-state index contributed by atoms with van der Waals surface area (Å²) in [5.74, 6) is 1.39. The SMILES string of the molecule is C[C@@H]1CCOCCOc2cccc(n2)-c2n[nH]c3ccc(cc23)O1. The molecule has 0 saturated heterocycles. The molecule has 24 heavy (non-hydrogen) atoms. The average Bonchev–Trinajstić information content (AvgIpc) is 3.01. The van der Waals surface area contributed by atoms with Crippen molar-refractivity contribution in [2.45, 2.75) is 19.4 Å². The average molecular weight is 325 g/mol. The highest BCUT2D eigenvalue weighted by atomic mass is 16.5. The van der Waals surface area contributed by atoms with Crippen LogP contribution in [0.1, 0.15) is 13.3 Å². The molecule has 6 nitrogen and oxygen atoms in total. The number of aromatic nitrogens is 3. The third-order valence-electron chi connectivity index (χ3n) is 3.98. The van der Waals surface area contributed by atoms with Gasteiger partial charge >= 0.3 is 0 Å². The third kappa shape index (κ3) is 3.05. The minimum absolute atomic E-state index is 0.0722. The molecule has 0 aliphatic carbocycles. The summed E-state index contributed by atoms with van der Waals surface area (Å²) in [5, 5.41) is 8.45. The Morgan fingerprint density at radius 3 is 3.04 bits per heavy atom. The molecule has 1 atom stereocenters. The molecule has 2 aromatic heterocycles. The molecule has 0 fully saturated rings. The number of hydrogen-bond donors (Lipinski definition) is 1. The molecule has 4 rings (SSSR count). The molecule has 0 saturated carbocycles. The van der Waals surface area contributed by atoms with Crippen LogP contribution in [0.5, 0.6) is 11.6 Å². The summed E-state index contributed by atoms with van der Waals surface area (Å²) in [5.41, 5.74) is 2.50. The normalized spacial score (nSPS) is 18.5. The van der Waals surface area contributed by atoms with E-state index in [1.807, 2.05) is 43.3 Å². The van der Waals surface area contributed by atoms with Crippen LogP contribution < -0.4 is 9.47 Å². The molecule has 0 radical (unpaired) electrons. The van der Waals surface area contributed by atoms with E-state index in [2.05, 4.69) is 15.2 Å². The standard InChI is InChI=1S/C18H19N3O3/c1-12-7-8-22-9-10-23-17-4-2-3-16(19-17)18-14-11-13(24-12)5-6-15(14)20-21-18/h2-6,11-12H,7-10H2,1H3,(H,20,21)/t12-/m1/s1. The van der Waals surface area contributed by atoms with Crippen molar-refractivity contribution in [2.75, 3.05) is 19.8 Å². The Kier molecular flexibility index (Phi) is 4.04. The van der Waals surface area contributed by atoms with Gasteiger partial charge in [-0.15, -0.1) is 0 Å². The van der Waals surface area contributed by atoms with Crippen molar-refractivity contribution >= 4 is 10.9 Å². The van der Waals surface area contributed by atoms with Crippen molar-refractivity contribution in [3.63, 3.8) is 0 Å². The highest BCUT2D eigenvalue weighted by molar-refractivity contribution is 5.92. The fourth-order valence-corrected chi connectivity index (χ4v) is 2.74. The van der Waals surface area contributed by atoms with E-state index < -0.39 is 0 Å². The van der Waals surface area contributed by atoms with Crippen LogP contribution in [-0.2, 0) is 4.74 Å². The highest BCUT2D eigenvalue weighted by Crippen LogP contribution is 2.29. The van der Waals surface area contributed by atoms with Gasteiger partial charge in [0.25, 0.3) is 0 Å². The van der Waals surface area contributed by atoms with Crippen LogP contribution in [0.4, 0.5) is 0 Å². The lowest BCUT2D eigenvalue weighted by Gasteiger charge is -2.15. The number of nitrogens with zero attached hydrogens (tertiary/aromatic N) is 2. The van der Waals surface area contributed by atoms with E-state index in [0.29, 0.717) is 25.7 Å². The van der Waals surface area contributed by atoms with Gasteiger partial charge in [-0.3, -0.25) is 5.10 Å². The van der Waals surface area contributed by atoms with Gasteiger partial charge in [-0.1, -0.05) is 6.07 Å². The molecule has 6 heteroatoms. The number of H-pyrrole nitrogens is 1. The van der Waals surface area contributed by atoms with E-state index in [1.54, 1.807) is 0 Å². The van der Waals surface area contributed by atoms with Crippen LogP contribution in [-0.4, -0.2) is 41.1 Å². The van der Waals surface area contributed by atoms with E-state index >= 15 is 0 Å². The van der Waals surface area contributed by atoms with Gasteiger partial charge in [-0.05, 0) is 31.2 Å². The summed E-state index contributed by atoms with van der Waals surface area (Å²) < 4.78 is 17.3. The molecule has 124 valence electrons. The molecular weight excluding hydrogens is 306 g/mol. The van der Waals surface area contributed by atoms with Gasteiger partial charge in [0, 0.05) is 17.9 Å². The molecule has 1 aromatic carbocycles. The Morgan fingerprint density at radius 1 is 1.12 bits per heavy atom. The maximum atomic E-state index is 6.00. The summed E-state index contributed by atoms with van der Waals surface area (Å²) in [7, 11) is 0. The number of hydrogen-bond acceptors (Lipinski definition) is 5. The topological polar surface area (TPSA) is 69.3 Å². The number of nitrogens with one attached hydrogen (secondary N) is 1. The number of benzene rings is 1. The van der Waals surface area contributed by atoms with E-state index in [9.17, 15) is 0 Å². The van der Waals surface area contributed by atoms with Crippen molar-refractivity contribution in [1.82, 2.24) is 15.2 Å². The smallest absolute Gasteiger partial charge is 0.213 e. The molecule has 3 aromatic rings. The van der Waals surface area contributed by atoms with Crippen LogP contribution in [0, 0.1) is 0 Å². The number of fused-ring (bicyclic) bond motifs is 4. The fraction of sp³-hybridized carbons (Fsp3) is 0.333. The van der Waals surface area contributed by atoms with Gasteiger partial charge in [0.2, 0.25) is 5.88 Å². The Hall–Kier alpha value is -2.60. The van der Waals surface area contributed by atoms with Crippen LogP contribution in [0.15, 0.2) is 36.4 Å². The largest absolute Gasteiger partial charge is 0.491 e. The zero-order valence-corrected chi connectivity index (χ0v) is 13.5. The lowest BCUT2D eigenvalue weighted by Crippen LogP contribution is -2.16. The number of ether oxygens (including phenoxy) is 3. The molecular formula is C18H19N3O3. The zero-order valence-electron chi connectivity index (χ0n) is 13.5. The maximum Gasteiger partial charge on any atom is 0.213 e. The first kappa shape index (κ1) is 15.0. The quantitative estimate of drug-likeness (QED) is 0.687. The van der Waals surface area contributed by atoms with Crippen molar-refractivity contribution in [3.05, 3.63) is 36.4 Å². The van der Waals surface area contributed by atoms with Gasteiger partial charge < -0.3 is 14.2 Å². The summed E-state index contributed by atoms with van der Waals surface area (Å²) in [6.45, 7) is 3.68. The first-order chi connectivity index (χ1) is 11.8. The van der Waals surface area contributed by atoms with Crippen molar-refractivity contribution in [1.29, 1.82) is 0 Å². The second kappa shape index (κ2) is 6.49. The predicted octanol–water partition coefficient (Wildman–Crippen LogP) is 3.19. The Bertz CT molecular complexity index is 846. The molecule has 0 amide bonds.